The zero-order valence-corrected chi connectivity index (χ0v) is 12.6. The summed E-state index contributed by atoms with van der Waals surface area (Å²) in [4.78, 5) is 11.6. The summed E-state index contributed by atoms with van der Waals surface area (Å²) in [6, 6.07) is 13.6. The van der Waals surface area contributed by atoms with E-state index in [0.717, 1.165) is 12.1 Å². The van der Waals surface area contributed by atoms with Crippen LogP contribution >= 0.6 is 0 Å². The van der Waals surface area contributed by atoms with Gasteiger partial charge in [0.15, 0.2) is 6.61 Å². The van der Waals surface area contributed by atoms with E-state index >= 15 is 0 Å². The molecule has 0 atom stereocenters. The number of amides is 1. The Balaban J connectivity index is 1.80. The van der Waals surface area contributed by atoms with Crippen molar-refractivity contribution in [2.24, 2.45) is 0 Å². The highest BCUT2D eigenvalue weighted by molar-refractivity contribution is 5.77. The maximum Gasteiger partial charge on any atom is 0.416 e. The Morgan fingerprint density at radius 3 is 2.54 bits per heavy atom. The second-order valence-corrected chi connectivity index (χ2v) is 4.76. The fourth-order valence-electron chi connectivity index (χ4n) is 1.78. The Bertz CT molecular complexity index is 746. The summed E-state index contributed by atoms with van der Waals surface area (Å²) >= 11 is 0. The first-order chi connectivity index (χ1) is 11.4. The minimum absolute atomic E-state index is 0.0211. The molecule has 6 heteroatoms. The minimum atomic E-state index is -4.40. The van der Waals surface area contributed by atoms with E-state index in [4.69, 9.17) is 4.74 Å². The van der Waals surface area contributed by atoms with Gasteiger partial charge in [-0.1, -0.05) is 36.1 Å². The number of hydrogen-bond acceptors (Lipinski definition) is 2. The lowest BCUT2D eigenvalue weighted by atomic mass is 10.1. The third-order valence-electron chi connectivity index (χ3n) is 2.91. The molecule has 124 valence electrons. The van der Waals surface area contributed by atoms with Gasteiger partial charge in [0.25, 0.3) is 5.91 Å². The number of carbonyl (C=O) groups excluding carboxylic acids is 1. The van der Waals surface area contributed by atoms with E-state index in [0.29, 0.717) is 5.75 Å². The molecule has 0 aromatic heterocycles. The van der Waals surface area contributed by atoms with Crippen molar-refractivity contribution in [2.75, 3.05) is 13.2 Å². The average molecular weight is 333 g/mol. The molecule has 0 saturated carbocycles. The first kappa shape index (κ1) is 17.4. The number of rotatable bonds is 4. The monoisotopic (exact) mass is 333 g/mol. The van der Waals surface area contributed by atoms with Crippen molar-refractivity contribution in [1.82, 2.24) is 5.32 Å². The fourth-order valence-corrected chi connectivity index (χ4v) is 1.78. The van der Waals surface area contributed by atoms with E-state index in [1.807, 2.05) is 6.07 Å². The molecule has 2 rings (SSSR count). The number of alkyl halides is 3. The Morgan fingerprint density at radius 1 is 1.08 bits per heavy atom. The van der Waals surface area contributed by atoms with Gasteiger partial charge in [0, 0.05) is 5.56 Å². The van der Waals surface area contributed by atoms with Crippen LogP contribution in [0.2, 0.25) is 0 Å². The van der Waals surface area contributed by atoms with Gasteiger partial charge in [0.1, 0.15) is 5.75 Å². The van der Waals surface area contributed by atoms with E-state index in [2.05, 4.69) is 17.2 Å². The fraction of sp³-hybridized carbons (Fsp3) is 0.167. The van der Waals surface area contributed by atoms with Gasteiger partial charge in [0.2, 0.25) is 0 Å². The third kappa shape index (κ3) is 5.69. The lowest BCUT2D eigenvalue weighted by Gasteiger charge is -2.06. The maximum atomic E-state index is 12.6. The first-order valence-corrected chi connectivity index (χ1v) is 7.06. The first-order valence-electron chi connectivity index (χ1n) is 7.06. The molecule has 3 nitrogen and oxygen atoms in total. The Hall–Kier alpha value is -2.94. The summed E-state index contributed by atoms with van der Waals surface area (Å²) in [6.45, 7) is -0.136. The zero-order chi connectivity index (χ0) is 17.4. The zero-order valence-electron chi connectivity index (χ0n) is 12.6. The van der Waals surface area contributed by atoms with Gasteiger partial charge in [-0.15, -0.1) is 0 Å². The summed E-state index contributed by atoms with van der Waals surface area (Å²) in [5.74, 6) is 5.39. The predicted molar refractivity (Wildman–Crippen MR) is 83.3 cm³/mol. The van der Waals surface area contributed by atoms with Crippen LogP contribution in [-0.2, 0) is 11.0 Å². The van der Waals surface area contributed by atoms with Crippen molar-refractivity contribution in [1.29, 1.82) is 0 Å². The molecule has 0 aliphatic heterocycles. The van der Waals surface area contributed by atoms with Crippen LogP contribution in [-0.4, -0.2) is 19.1 Å². The summed E-state index contributed by atoms with van der Waals surface area (Å²) in [5, 5.41) is 2.51. The van der Waals surface area contributed by atoms with Crippen molar-refractivity contribution in [3.05, 3.63) is 65.7 Å². The molecule has 2 aromatic rings. The van der Waals surface area contributed by atoms with Crippen LogP contribution in [0, 0.1) is 11.8 Å². The van der Waals surface area contributed by atoms with Crippen LogP contribution in [0.15, 0.2) is 54.6 Å². The highest BCUT2D eigenvalue weighted by atomic mass is 19.4. The van der Waals surface area contributed by atoms with Crippen LogP contribution < -0.4 is 10.1 Å². The molecule has 0 aliphatic carbocycles. The van der Waals surface area contributed by atoms with E-state index in [1.54, 1.807) is 24.3 Å². The Kier molecular flexibility index (Phi) is 5.85. The van der Waals surface area contributed by atoms with Gasteiger partial charge in [-0.25, -0.2) is 0 Å². The second-order valence-electron chi connectivity index (χ2n) is 4.76. The van der Waals surface area contributed by atoms with Gasteiger partial charge >= 0.3 is 6.18 Å². The molecule has 0 radical (unpaired) electrons. The van der Waals surface area contributed by atoms with Crippen molar-refractivity contribution >= 4 is 5.91 Å². The Labute approximate surface area is 137 Å². The number of ether oxygens (including phenoxy) is 1. The Morgan fingerprint density at radius 2 is 1.83 bits per heavy atom. The molecule has 1 amide bonds. The SMILES string of the molecule is O=C(COc1ccccc1)NCC#Cc1cccc(C(F)(F)F)c1. The average Bonchev–Trinajstić information content (AvgIpc) is 2.57. The predicted octanol–water partition coefficient (Wildman–Crippen LogP) is 3.25. The largest absolute Gasteiger partial charge is 0.484 e. The number of benzene rings is 2. The van der Waals surface area contributed by atoms with Crippen LogP contribution in [0.4, 0.5) is 13.2 Å². The third-order valence-corrected chi connectivity index (χ3v) is 2.91. The van der Waals surface area contributed by atoms with Gasteiger partial charge in [-0.2, -0.15) is 13.2 Å². The van der Waals surface area contributed by atoms with Crippen LogP contribution in [0.1, 0.15) is 11.1 Å². The van der Waals surface area contributed by atoms with Crippen LogP contribution in [0.25, 0.3) is 0 Å². The highest BCUT2D eigenvalue weighted by Gasteiger charge is 2.30. The summed E-state index contributed by atoms with van der Waals surface area (Å²) < 4.78 is 43.0. The van der Waals surface area contributed by atoms with Gasteiger partial charge in [-0.05, 0) is 30.3 Å². The topological polar surface area (TPSA) is 38.3 Å². The summed E-state index contributed by atoms with van der Waals surface area (Å²) in [5.41, 5.74) is -0.519. The van der Waals surface area contributed by atoms with Crippen molar-refractivity contribution in [3.63, 3.8) is 0 Å². The number of nitrogens with one attached hydrogen (secondary N) is 1. The lowest BCUT2D eigenvalue weighted by Crippen LogP contribution is -2.29. The second kappa shape index (κ2) is 8.06. The highest BCUT2D eigenvalue weighted by Crippen LogP contribution is 2.29. The molecule has 0 spiro atoms. The van der Waals surface area contributed by atoms with Gasteiger partial charge in [-0.3, -0.25) is 4.79 Å². The normalized spacial score (nSPS) is 10.5. The van der Waals surface area contributed by atoms with Crippen molar-refractivity contribution in [2.45, 2.75) is 6.18 Å². The van der Waals surface area contributed by atoms with E-state index < -0.39 is 11.7 Å². The van der Waals surface area contributed by atoms with Gasteiger partial charge in [0.05, 0.1) is 12.1 Å². The maximum absolute atomic E-state index is 12.6. The molecule has 0 unspecified atom stereocenters. The summed E-state index contributed by atoms with van der Waals surface area (Å²) in [6.07, 6.45) is -4.40. The minimum Gasteiger partial charge on any atom is -0.484 e. The molecule has 2 aromatic carbocycles. The molecular weight excluding hydrogens is 319 g/mol. The molecular formula is C18H14F3NO2. The van der Waals surface area contributed by atoms with Gasteiger partial charge < -0.3 is 10.1 Å². The van der Waals surface area contributed by atoms with Crippen molar-refractivity contribution in [3.8, 4) is 17.6 Å². The quantitative estimate of drug-likeness (QED) is 0.873. The smallest absolute Gasteiger partial charge is 0.416 e. The molecule has 0 heterocycles. The number of para-hydroxylation sites is 1. The lowest BCUT2D eigenvalue weighted by molar-refractivity contribution is -0.137. The van der Waals surface area contributed by atoms with E-state index in [9.17, 15) is 18.0 Å². The molecule has 0 aliphatic rings. The van der Waals surface area contributed by atoms with Crippen LogP contribution in [0.3, 0.4) is 0 Å². The molecule has 1 N–H and O–H groups in total. The van der Waals surface area contributed by atoms with Crippen LogP contribution in [0.5, 0.6) is 5.75 Å². The molecule has 0 saturated heterocycles. The number of halogens is 3. The molecule has 0 bridgehead atoms. The summed E-state index contributed by atoms with van der Waals surface area (Å²) in [7, 11) is 0. The number of hydrogen-bond donors (Lipinski definition) is 1. The van der Waals surface area contributed by atoms with E-state index in [1.165, 1.54) is 12.1 Å². The van der Waals surface area contributed by atoms with E-state index in [-0.39, 0.29) is 24.6 Å². The molecule has 24 heavy (non-hydrogen) atoms. The molecule has 0 fully saturated rings. The van der Waals surface area contributed by atoms with Crippen molar-refractivity contribution < 1.29 is 22.7 Å². The number of carbonyl (C=O) groups is 1. The standard InChI is InChI=1S/C18H14F3NO2/c19-18(20,21)15-8-4-6-14(12-15)7-5-11-22-17(23)13-24-16-9-2-1-3-10-16/h1-4,6,8-10,12H,11,13H2,(H,22,23).